The molecular weight excluding hydrogens is 308 g/mol. The third kappa shape index (κ3) is 5.17. The highest BCUT2D eigenvalue weighted by molar-refractivity contribution is 5.94. The number of hydrogen-bond acceptors (Lipinski definition) is 2. The fourth-order valence-corrected chi connectivity index (χ4v) is 2.99. The van der Waals surface area contributed by atoms with Crippen LogP contribution in [0.5, 0.6) is 0 Å². The van der Waals surface area contributed by atoms with Crippen molar-refractivity contribution in [1.82, 2.24) is 10.6 Å². The molecule has 2 aromatic rings. The van der Waals surface area contributed by atoms with Gasteiger partial charge >= 0.3 is 0 Å². The summed E-state index contributed by atoms with van der Waals surface area (Å²) in [5.74, 6) is 0.567. The molecule has 0 aromatic heterocycles. The molecule has 132 valence electrons. The monoisotopic (exact) mass is 336 g/mol. The van der Waals surface area contributed by atoms with Gasteiger partial charge in [0.2, 0.25) is 0 Å². The van der Waals surface area contributed by atoms with Crippen LogP contribution in [0.3, 0.4) is 0 Å². The summed E-state index contributed by atoms with van der Waals surface area (Å²) in [6, 6.07) is 18.6. The zero-order valence-corrected chi connectivity index (χ0v) is 15.4. The van der Waals surface area contributed by atoms with Gasteiger partial charge in [-0.2, -0.15) is 0 Å². The van der Waals surface area contributed by atoms with Crippen LogP contribution in [0.15, 0.2) is 54.6 Å². The second-order valence-corrected chi connectivity index (χ2v) is 8.18. The molecular formula is C22H28N2O. The van der Waals surface area contributed by atoms with Crippen LogP contribution in [-0.2, 0) is 6.54 Å². The lowest BCUT2D eigenvalue weighted by Crippen LogP contribution is -2.29. The number of amides is 1. The molecule has 0 aliphatic heterocycles. The van der Waals surface area contributed by atoms with E-state index >= 15 is 0 Å². The third-order valence-electron chi connectivity index (χ3n) is 4.58. The molecule has 2 aromatic carbocycles. The van der Waals surface area contributed by atoms with Crippen molar-refractivity contribution in [2.24, 2.45) is 5.41 Å². The van der Waals surface area contributed by atoms with Crippen molar-refractivity contribution in [3.05, 3.63) is 71.3 Å². The Hall–Kier alpha value is -2.13. The molecule has 0 saturated heterocycles. The van der Waals surface area contributed by atoms with Crippen molar-refractivity contribution in [2.75, 3.05) is 6.54 Å². The van der Waals surface area contributed by atoms with Gasteiger partial charge in [-0.1, -0.05) is 63.2 Å². The van der Waals surface area contributed by atoms with Gasteiger partial charge in [0.05, 0.1) is 0 Å². The van der Waals surface area contributed by atoms with Gasteiger partial charge in [-0.15, -0.1) is 0 Å². The lowest BCUT2D eigenvalue weighted by molar-refractivity contribution is 0.0951. The van der Waals surface area contributed by atoms with E-state index in [4.69, 9.17) is 0 Å². The second-order valence-electron chi connectivity index (χ2n) is 8.18. The van der Waals surface area contributed by atoms with Gasteiger partial charge in [0.1, 0.15) is 0 Å². The molecule has 2 atom stereocenters. The normalized spacial score (nSPS) is 19.5. The van der Waals surface area contributed by atoms with Crippen LogP contribution < -0.4 is 10.6 Å². The Balaban J connectivity index is 1.50. The fourth-order valence-electron chi connectivity index (χ4n) is 2.99. The van der Waals surface area contributed by atoms with E-state index in [1.54, 1.807) is 0 Å². The molecule has 1 fully saturated rings. The zero-order chi connectivity index (χ0) is 17.9. The molecule has 3 rings (SSSR count). The van der Waals surface area contributed by atoms with Crippen LogP contribution in [0.4, 0.5) is 0 Å². The highest BCUT2D eigenvalue weighted by atomic mass is 16.1. The van der Waals surface area contributed by atoms with Crippen molar-refractivity contribution >= 4 is 5.91 Å². The van der Waals surface area contributed by atoms with Crippen LogP contribution in [0, 0.1) is 5.41 Å². The van der Waals surface area contributed by atoms with E-state index < -0.39 is 0 Å². The Morgan fingerprint density at radius 1 is 1.04 bits per heavy atom. The molecule has 2 unspecified atom stereocenters. The number of nitrogens with one attached hydrogen (secondary N) is 2. The summed E-state index contributed by atoms with van der Waals surface area (Å²) in [6.45, 7) is 8.34. The first-order valence-corrected chi connectivity index (χ1v) is 9.08. The molecule has 0 bridgehead atoms. The predicted molar refractivity (Wildman–Crippen MR) is 103 cm³/mol. The lowest BCUT2D eigenvalue weighted by Gasteiger charge is -2.18. The first-order valence-electron chi connectivity index (χ1n) is 9.08. The minimum atomic E-state index is -0.0198. The van der Waals surface area contributed by atoms with Crippen molar-refractivity contribution in [3.8, 4) is 0 Å². The maximum Gasteiger partial charge on any atom is 0.251 e. The summed E-state index contributed by atoms with van der Waals surface area (Å²) in [4.78, 5) is 12.3. The van der Waals surface area contributed by atoms with Crippen molar-refractivity contribution in [2.45, 2.75) is 45.7 Å². The average molecular weight is 336 g/mol. The number of benzene rings is 2. The van der Waals surface area contributed by atoms with Crippen LogP contribution in [0.1, 0.15) is 54.6 Å². The van der Waals surface area contributed by atoms with E-state index in [-0.39, 0.29) is 5.91 Å². The molecule has 3 nitrogen and oxygen atoms in total. The van der Waals surface area contributed by atoms with E-state index in [1.165, 1.54) is 12.0 Å². The summed E-state index contributed by atoms with van der Waals surface area (Å²) >= 11 is 0. The Morgan fingerprint density at radius 2 is 1.72 bits per heavy atom. The van der Waals surface area contributed by atoms with Crippen molar-refractivity contribution in [3.63, 3.8) is 0 Å². The number of hydrogen-bond donors (Lipinski definition) is 2. The molecule has 3 heteroatoms. The van der Waals surface area contributed by atoms with E-state index in [2.05, 4.69) is 43.5 Å². The van der Waals surface area contributed by atoms with E-state index in [0.29, 0.717) is 23.9 Å². The second kappa shape index (κ2) is 7.40. The lowest BCUT2D eigenvalue weighted by atomic mass is 9.97. The minimum Gasteiger partial charge on any atom is -0.348 e. The largest absolute Gasteiger partial charge is 0.348 e. The third-order valence-corrected chi connectivity index (χ3v) is 4.58. The number of carbonyl (C=O) groups is 1. The first-order chi connectivity index (χ1) is 11.9. The molecule has 0 heterocycles. The molecule has 0 radical (unpaired) electrons. The summed E-state index contributed by atoms with van der Waals surface area (Å²) in [5.41, 5.74) is 3.47. The number of carbonyl (C=O) groups excluding carboxylic acids is 1. The Labute approximate surface area is 150 Å². The summed E-state index contributed by atoms with van der Waals surface area (Å²) in [7, 11) is 0. The van der Waals surface area contributed by atoms with Gasteiger partial charge in [0.15, 0.2) is 0 Å². The highest BCUT2D eigenvalue weighted by Gasteiger charge is 2.38. The van der Waals surface area contributed by atoms with Gasteiger partial charge in [-0.3, -0.25) is 4.79 Å². The maximum absolute atomic E-state index is 12.3. The van der Waals surface area contributed by atoms with Crippen LogP contribution >= 0.6 is 0 Å². The Morgan fingerprint density at radius 3 is 2.36 bits per heavy atom. The Kier molecular flexibility index (Phi) is 5.24. The van der Waals surface area contributed by atoms with E-state index in [0.717, 1.165) is 17.7 Å². The highest BCUT2D eigenvalue weighted by Crippen LogP contribution is 2.41. The minimum absolute atomic E-state index is 0.0198. The fraction of sp³-hybridized carbons (Fsp3) is 0.409. The van der Waals surface area contributed by atoms with Crippen LogP contribution in [0.25, 0.3) is 0 Å². The maximum atomic E-state index is 12.3. The number of rotatable bonds is 6. The van der Waals surface area contributed by atoms with Gasteiger partial charge < -0.3 is 10.6 Å². The molecule has 1 aliphatic carbocycles. The Bertz CT molecular complexity index is 701. The molecule has 1 saturated carbocycles. The summed E-state index contributed by atoms with van der Waals surface area (Å²) in [5, 5.41) is 6.62. The first kappa shape index (κ1) is 17.7. The summed E-state index contributed by atoms with van der Waals surface area (Å²) in [6.07, 6.45) is 1.19. The van der Waals surface area contributed by atoms with E-state index in [1.807, 2.05) is 42.5 Å². The molecule has 2 N–H and O–H groups in total. The molecule has 1 aliphatic rings. The zero-order valence-electron chi connectivity index (χ0n) is 15.4. The molecule has 1 amide bonds. The van der Waals surface area contributed by atoms with Gasteiger partial charge in [0.25, 0.3) is 5.91 Å². The van der Waals surface area contributed by atoms with Crippen LogP contribution in [-0.4, -0.2) is 18.5 Å². The van der Waals surface area contributed by atoms with Crippen LogP contribution in [0.2, 0.25) is 0 Å². The molecule has 25 heavy (non-hydrogen) atoms. The average Bonchev–Trinajstić information content (AvgIpc) is 3.38. The van der Waals surface area contributed by atoms with Crippen molar-refractivity contribution < 1.29 is 4.79 Å². The van der Waals surface area contributed by atoms with Gasteiger partial charge in [-0.25, -0.2) is 0 Å². The quantitative estimate of drug-likeness (QED) is 0.833. The van der Waals surface area contributed by atoms with Crippen molar-refractivity contribution in [1.29, 1.82) is 0 Å². The smallest absolute Gasteiger partial charge is 0.251 e. The predicted octanol–water partition coefficient (Wildman–Crippen LogP) is 4.11. The topological polar surface area (TPSA) is 41.1 Å². The molecule has 0 spiro atoms. The van der Waals surface area contributed by atoms with Gasteiger partial charge in [-0.05, 0) is 35.1 Å². The van der Waals surface area contributed by atoms with E-state index in [9.17, 15) is 4.79 Å². The standard InChI is InChI=1S/C22H28N2O/c1-22(2,3)15-24-20-13-19(20)17-9-11-18(12-10-17)21(25)23-14-16-7-5-4-6-8-16/h4-12,19-20,24H,13-15H2,1-3H3,(H,23,25). The SMILES string of the molecule is CC(C)(C)CNC1CC1c1ccc(C(=O)NCc2ccccc2)cc1. The summed E-state index contributed by atoms with van der Waals surface area (Å²) < 4.78 is 0. The van der Waals surface area contributed by atoms with Gasteiger partial charge in [0, 0.05) is 30.6 Å².